The quantitative estimate of drug-likeness (QED) is 0.605. The number of rotatable bonds is 5. The fraction of sp³-hybridized carbons (Fsp3) is 0.600. The molecule has 0 aromatic heterocycles. The summed E-state index contributed by atoms with van der Waals surface area (Å²) >= 11 is 0. The topological polar surface area (TPSA) is 89.8 Å². The van der Waals surface area contributed by atoms with Crippen molar-refractivity contribution in [3.63, 3.8) is 0 Å². The highest BCUT2D eigenvalue weighted by molar-refractivity contribution is 7.89. The molecule has 8 heteroatoms. The number of benzene rings is 1. The molecule has 1 saturated heterocycles. The molecule has 2 rings (SSSR count). The molecule has 0 saturated carbocycles. The lowest BCUT2D eigenvalue weighted by atomic mass is 10.1. The van der Waals surface area contributed by atoms with Crippen LogP contribution in [0.1, 0.15) is 30.4 Å². The first-order valence-corrected chi connectivity index (χ1v) is 9.01. The summed E-state index contributed by atoms with van der Waals surface area (Å²) in [6, 6.07) is 2.52. The number of nitro groups is 1. The maximum Gasteiger partial charge on any atom is 0.271 e. The Morgan fingerprint density at radius 1 is 1.35 bits per heavy atom. The van der Waals surface area contributed by atoms with Crippen LogP contribution in [0.2, 0.25) is 0 Å². The molecule has 1 aliphatic heterocycles. The largest absolute Gasteiger partial charge is 0.377 e. The summed E-state index contributed by atoms with van der Waals surface area (Å²) in [5.41, 5.74) is 0.904. The Labute approximate surface area is 136 Å². The van der Waals surface area contributed by atoms with Gasteiger partial charge in [-0.3, -0.25) is 10.1 Å². The third kappa shape index (κ3) is 3.88. The van der Waals surface area contributed by atoms with Crippen LogP contribution in [0.15, 0.2) is 17.0 Å². The second kappa shape index (κ2) is 6.94. The Hall–Kier alpha value is -1.51. The molecule has 1 heterocycles. The van der Waals surface area contributed by atoms with Gasteiger partial charge in [0, 0.05) is 32.3 Å². The van der Waals surface area contributed by atoms with Crippen LogP contribution in [-0.2, 0) is 14.8 Å². The van der Waals surface area contributed by atoms with Gasteiger partial charge < -0.3 is 4.74 Å². The summed E-state index contributed by atoms with van der Waals surface area (Å²) < 4.78 is 32.4. The zero-order valence-electron chi connectivity index (χ0n) is 13.6. The highest BCUT2D eigenvalue weighted by Gasteiger charge is 2.29. The minimum atomic E-state index is -3.80. The Bertz CT molecular complexity index is 696. The predicted molar refractivity (Wildman–Crippen MR) is 86.0 cm³/mol. The van der Waals surface area contributed by atoms with Gasteiger partial charge in [0.1, 0.15) is 0 Å². The van der Waals surface area contributed by atoms with Gasteiger partial charge in [0.25, 0.3) is 5.69 Å². The van der Waals surface area contributed by atoms with Gasteiger partial charge in [-0.25, -0.2) is 8.42 Å². The monoisotopic (exact) mass is 342 g/mol. The summed E-state index contributed by atoms with van der Waals surface area (Å²) in [7, 11) is -2.31. The Morgan fingerprint density at radius 3 is 2.61 bits per heavy atom. The number of ether oxygens (including phenoxy) is 1. The number of nitrogens with zero attached hydrogens (tertiary/aromatic N) is 2. The molecule has 128 valence electrons. The molecule has 0 spiro atoms. The number of aryl methyl sites for hydroxylation is 1. The number of hydrogen-bond acceptors (Lipinski definition) is 5. The van der Waals surface area contributed by atoms with Gasteiger partial charge in [-0.05, 0) is 44.2 Å². The van der Waals surface area contributed by atoms with E-state index in [9.17, 15) is 18.5 Å². The fourth-order valence-corrected chi connectivity index (χ4v) is 4.20. The molecular formula is C15H22N2O5S. The van der Waals surface area contributed by atoms with Crippen molar-refractivity contribution in [3.05, 3.63) is 33.4 Å². The maximum atomic E-state index is 12.8. The number of nitro benzene ring substituents is 1. The molecular weight excluding hydrogens is 320 g/mol. The average molecular weight is 342 g/mol. The normalized spacial score (nSPS) is 19.0. The lowest BCUT2D eigenvalue weighted by Crippen LogP contribution is -2.37. The SMILES string of the molecule is Cc1cc([N+](=O)[O-])cc(S(=O)(=O)N(C)CC2CCCCO2)c1C. The minimum Gasteiger partial charge on any atom is -0.377 e. The van der Waals surface area contributed by atoms with E-state index < -0.39 is 14.9 Å². The lowest BCUT2D eigenvalue weighted by molar-refractivity contribution is -0.385. The fourth-order valence-electron chi connectivity index (χ4n) is 2.69. The highest BCUT2D eigenvalue weighted by atomic mass is 32.2. The van der Waals surface area contributed by atoms with Crippen LogP contribution in [0, 0.1) is 24.0 Å². The van der Waals surface area contributed by atoms with E-state index in [0.29, 0.717) is 17.7 Å². The summed E-state index contributed by atoms with van der Waals surface area (Å²) in [5, 5.41) is 11.0. The number of likely N-dealkylation sites (N-methyl/N-ethyl adjacent to an activating group) is 1. The molecule has 1 aromatic rings. The summed E-state index contributed by atoms with van der Waals surface area (Å²) in [5.74, 6) is 0. The molecule has 0 radical (unpaired) electrons. The number of sulfonamides is 1. The smallest absolute Gasteiger partial charge is 0.271 e. The van der Waals surface area contributed by atoms with Gasteiger partial charge in [-0.2, -0.15) is 4.31 Å². The molecule has 0 amide bonds. The third-order valence-corrected chi connectivity index (χ3v) is 6.19. The van der Waals surface area contributed by atoms with Gasteiger partial charge in [0.2, 0.25) is 10.0 Å². The Morgan fingerprint density at radius 2 is 2.04 bits per heavy atom. The zero-order chi connectivity index (χ0) is 17.2. The Balaban J connectivity index is 2.32. The first-order valence-electron chi connectivity index (χ1n) is 7.57. The molecule has 1 aliphatic rings. The van der Waals surface area contributed by atoms with Gasteiger partial charge in [0.15, 0.2) is 0 Å². The van der Waals surface area contributed by atoms with E-state index in [1.807, 2.05) is 0 Å². The van der Waals surface area contributed by atoms with Crippen LogP contribution < -0.4 is 0 Å². The van der Waals surface area contributed by atoms with Crippen molar-refractivity contribution in [2.75, 3.05) is 20.2 Å². The van der Waals surface area contributed by atoms with Crippen molar-refractivity contribution in [1.82, 2.24) is 4.31 Å². The molecule has 1 fully saturated rings. The summed E-state index contributed by atoms with van der Waals surface area (Å²) in [6.45, 7) is 4.24. The molecule has 0 aliphatic carbocycles. The lowest BCUT2D eigenvalue weighted by Gasteiger charge is -2.27. The molecule has 0 N–H and O–H groups in total. The first-order chi connectivity index (χ1) is 10.7. The van der Waals surface area contributed by atoms with Crippen LogP contribution in [0.4, 0.5) is 5.69 Å². The summed E-state index contributed by atoms with van der Waals surface area (Å²) in [4.78, 5) is 10.4. The molecule has 1 unspecified atom stereocenters. The van der Waals surface area contributed by atoms with Crippen molar-refractivity contribution in [2.24, 2.45) is 0 Å². The van der Waals surface area contributed by atoms with E-state index in [0.717, 1.165) is 25.3 Å². The van der Waals surface area contributed by atoms with Crippen molar-refractivity contribution < 1.29 is 18.1 Å². The Kier molecular flexibility index (Phi) is 5.38. The first kappa shape index (κ1) is 17.8. The van der Waals surface area contributed by atoms with Crippen molar-refractivity contribution in [2.45, 2.75) is 44.1 Å². The second-order valence-corrected chi connectivity index (χ2v) is 7.93. The summed E-state index contributed by atoms with van der Waals surface area (Å²) in [6.07, 6.45) is 2.72. The van der Waals surface area contributed by atoms with Crippen LogP contribution in [-0.4, -0.2) is 43.9 Å². The number of hydrogen-bond donors (Lipinski definition) is 0. The van der Waals surface area contributed by atoms with E-state index >= 15 is 0 Å². The van der Waals surface area contributed by atoms with Crippen LogP contribution in [0.25, 0.3) is 0 Å². The average Bonchev–Trinajstić information content (AvgIpc) is 2.50. The zero-order valence-corrected chi connectivity index (χ0v) is 14.4. The minimum absolute atomic E-state index is 0.0116. The number of non-ortho nitro benzene ring substituents is 1. The van der Waals surface area contributed by atoms with Gasteiger partial charge in [0.05, 0.1) is 15.9 Å². The maximum absolute atomic E-state index is 12.8. The van der Waals surface area contributed by atoms with Crippen molar-refractivity contribution in [3.8, 4) is 0 Å². The van der Waals surface area contributed by atoms with Gasteiger partial charge in [-0.1, -0.05) is 0 Å². The van der Waals surface area contributed by atoms with E-state index in [2.05, 4.69) is 0 Å². The highest BCUT2D eigenvalue weighted by Crippen LogP contribution is 2.28. The van der Waals surface area contributed by atoms with E-state index in [-0.39, 0.29) is 23.2 Å². The molecule has 23 heavy (non-hydrogen) atoms. The molecule has 0 bridgehead atoms. The molecule has 7 nitrogen and oxygen atoms in total. The van der Waals surface area contributed by atoms with E-state index in [1.165, 1.54) is 17.4 Å². The van der Waals surface area contributed by atoms with E-state index in [4.69, 9.17) is 4.74 Å². The van der Waals surface area contributed by atoms with Gasteiger partial charge in [-0.15, -0.1) is 0 Å². The predicted octanol–water partition coefficient (Wildman–Crippen LogP) is 2.40. The van der Waals surface area contributed by atoms with Crippen LogP contribution in [0.3, 0.4) is 0 Å². The van der Waals surface area contributed by atoms with Crippen molar-refractivity contribution >= 4 is 15.7 Å². The third-order valence-electron chi connectivity index (χ3n) is 4.24. The van der Waals surface area contributed by atoms with Crippen molar-refractivity contribution in [1.29, 1.82) is 0 Å². The molecule has 1 atom stereocenters. The second-order valence-electron chi connectivity index (χ2n) is 5.92. The van der Waals surface area contributed by atoms with E-state index in [1.54, 1.807) is 13.8 Å². The molecule has 1 aromatic carbocycles. The van der Waals surface area contributed by atoms with Crippen LogP contribution in [0.5, 0.6) is 0 Å². The van der Waals surface area contributed by atoms with Crippen LogP contribution >= 0.6 is 0 Å². The van der Waals surface area contributed by atoms with Gasteiger partial charge >= 0.3 is 0 Å². The standard InChI is InChI=1S/C15H22N2O5S/c1-11-8-13(17(18)19)9-15(12(11)2)23(20,21)16(3)10-14-6-4-5-7-22-14/h8-9,14H,4-7,10H2,1-3H3.